The van der Waals surface area contributed by atoms with E-state index in [1.807, 2.05) is 48.5 Å². The van der Waals surface area contributed by atoms with Crippen LogP contribution < -0.4 is 9.05 Å². The monoisotopic (exact) mass is 444 g/mol. The van der Waals surface area contributed by atoms with E-state index in [0.717, 1.165) is 17.9 Å². The van der Waals surface area contributed by atoms with Crippen LogP contribution in [0.2, 0.25) is 0 Å². The summed E-state index contributed by atoms with van der Waals surface area (Å²) in [5, 5.41) is 0. The Balaban J connectivity index is 1.65. The second kappa shape index (κ2) is 16.1. The van der Waals surface area contributed by atoms with E-state index in [-0.39, 0.29) is 0 Å². The number of benzene rings is 2. The minimum absolute atomic E-state index is 0.667. The van der Waals surface area contributed by atoms with Crippen LogP contribution in [0.1, 0.15) is 88.7 Å². The van der Waals surface area contributed by atoms with Crippen molar-refractivity contribution < 1.29 is 13.6 Å². The van der Waals surface area contributed by atoms with Gasteiger partial charge in [0.15, 0.2) is 0 Å². The third kappa shape index (κ3) is 12.1. The molecule has 0 unspecified atom stereocenters. The van der Waals surface area contributed by atoms with Crippen molar-refractivity contribution in [2.75, 3.05) is 6.61 Å². The van der Waals surface area contributed by atoms with Crippen molar-refractivity contribution in [2.24, 2.45) is 0 Å². The molecule has 0 heterocycles. The summed E-state index contributed by atoms with van der Waals surface area (Å²) in [7, 11) is -1.47. The molecule has 0 fully saturated rings. The fourth-order valence-corrected chi connectivity index (χ4v) is 4.36. The molecule has 0 atom stereocenters. The smallest absolute Gasteiger partial charge is 0.418 e. The predicted molar refractivity (Wildman–Crippen MR) is 133 cm³/mol. The molecule has 0 saturated carbocycles. The maximum Gasteiger partial charge on any atom is 0.463 e. The van der Waals surface area contributed by atoms with Gasteiger partial charge in [-0.1, -0.05) is 107 Å². The topological polar surface area (TPSA) is 27.7 Å². The Morgan fingerprint density at radius 1 is 0.548 bits per heavy atom. The lowest BCUT2D eigenvalue weighted by molar-refractivity contribution is 0.258. The first kappa shape index (κ1) is 25.7. The molecule has 4 heteroatoms. The first-order chi connectivity index (χ1) is 15.2. The van der Waals surface area contributed by atoms with E-state index in [0.29, 0.717) is 6.61 Å². The van der Waals surface area contributed by atoms with Crippen LogP contribution >= 0.6 is 8.60 Å². The van der Waals surface area contributed by atoms with Gasteiger partial charge in [-0.3, -0.25) is 4.52 Å². The molecule has 2 rings (SSSR count). The summed E-state index contributed by atoms with van der Waals surface area (Å²) in [5.74, 6) is 1.56. The van der Waals surface area contributed by atoms with Gasteiger partial charge in [0.05, 0.1) is 6.61 Å². The molecular weight excluding hydrogens is 403 g/mol. The lowest BCUT2D eigenvalue weighted by Gasteiger charge is -2.18. The van der Waals surface area contributed by atoms with Gasteiger partial charge in [0.2, 0.25) is 0 Å². The fraction of sp³-hybridized carbons (Fsp3) is 0.556. The highest BCUT2D eigenvalue weighted by molar-refractivity contribution is 7.42. The molecule has 3 nitrogen and oxygen atoms in total. The van der Waals surface area contributed by atoms with Crippen LogP contribution in [0.15, 0.2) is 48.5 Å². The summed E-state index contributed by atoms with van der Waals surface area (Å²) >= 11 is 0. The molecule has 0 spiro atoms. The van der Waals surface area contributed by atoms with E-state index in [9.17, 15) is 0 Å². The maximum absolute atomic E-state index is 6.02. The molecular formula is C27H41O3P. The fourth-order valence-electron chi connectivity index (χ4n) is 3.35. The van der Waals surface area contributed by atoms with E-state index in [4.69, 9.17) is 13.6 Å². The van der Waals surface area contributed by atoms with Gasteiger partial charge >= 0.3 is 8.60 Å². The third-order valence-corrected chi connectivity index (χ3v) is 6.46. The van der Waals surface area contributed by atoms with Crippen molar-refractivity contribution in [2.45, 2.75) is 91.4 Å². The van der Waals surface area contributed by atoms with Gasteiger partial charge in [-0.05, 0) is 44.5 Å². The second-order valence-electron chi connectivity index (χ2n) is 8.40. The summed E-state index contributed by atoms with van der Waals surface area (Å²) in [6, 6.07) is 16.0. The van der Waals surface area contributed by atoms with Crippen LogP contribution in [0.5, 0.6) is 11.5 Å². The molecule has 0 aromatic heterocycles. The van der Waals surface area contributed by atoms with Crippen molar-refractivity contribution in [1.29, 1.82) is 0 Å². The Morgan fingerprint density at radius 2 is 0.935 bits per heavy atom. The normalized spacial score (nSPS) is 11.1. The van der Waals surface area contributed by atoms with E-state index < -0.39 is 8.60 Å². The van der Waals surface area contributed by atoms with Crippen molar-refractivity contribution in [3.63, 3.8) is 0 Å². The van der Waals surface area contributed by atoms with Gasteiger partial charge in [0, 0.05) is 0 Å². The number of rotatable bonds is 17. The van der Waals surface area contributed by atoms with Gasteiger partial charge in [0.1, 0.15) is 11.5 Å². The molecule has 0 aliphatic carbocycles. The Kier molecular flexibility index (Phi) is 13.4. The molecule has 0 amide bonds. The minimum Gasteiger partial charge on any atom is -0.418 e. The zero-order chi connectivity index (χ0) is 22.2. The Bertz CT molecular complexity index is 637. The Morgan fingerprint density at radius 3 is 1.35 bits per heavy atom. The predicted octanol–water partition coefficient (Wildman–Crippen LogP) is 9.32. The van der Waals surface area contributed by atoms with Gasteiger partial charge in [0.25, 0.3) is 0 Å². The quantitative estimate of drug-likeness (QED) is 0.180. The summed E-state index contributed by atoms with van der Waals surface area (Å²) in [4.78, 5) is 0. The summed E-state index contributed by atoms with van der Waals surface area (Å²) in [6.45, 7) is 7.08. The van der Waals surface area contributed by atoms with E-state index in [1.54, 1.807) is 0 Å². The molecule has 0 radical (unpaired) electrons. The summed E-state index contributed by atoms with van der Waals surface area (Å²) in [5.41, 5.74) is 2.41. The van der Waals surface area contributed by atoms with Crippen molar-refractivity contribution >= 4 is 8.60 Å². The summed E-state index contributed by atoms with van der Waals surface area (Å²) < 4.78 is 18.1. The Labute approximate surface area is 191 Å². The van der Waals surface area contributed by atoms with Gasteiger partial charge in [-0.15, -0.1) is 0 Å². The second-order valence-corrected chi connectivity index (χ2v) is 9.47. The molecule has 0 N–H and O–H groups in total. The number of hydrogen-bond donors (Lipinski definition) is 0. The average Bonchev–Trinajstić information content (AvgIpc) is 2.77. The van der Waals surface area contributed by atoms with Crippen LogP contribution in [-0.2, 0) is 4.52 Å². The van der Waals surface area contributed by atoms with Crippen molar-refractivity contribution in [1.82, 2.24) is 0 Å². The lowest BCUT2D eigenvalue weighted by atomic mass is 10.1. The molecule has 0 aliphatic rings. The number of hydrogen-bond acceptors (Lipinski definition) is 3. The van der Waals surface area contributed by atoms with Crippen LogP contribution in [0.3, 0.4) is 0 Å². The zero-order valence-electron chi connectivity index (χ0n) is 19.8. The zero-order valence-corrected chi connectivity index (χ0v) is 20.7. The third-order valence-electron chi connectivity index (χ3n) is 5.35. The van der Waals surface area contributed by atoms with Crippen molar-refractivity contribution in [3.05, 3.63) is 59.7 Å². The first-order valence-corrected chi connectivity index (χ1v) is 13.2. The molecule has 0 aliphatic heterocycles. The highest BCUT2D eigenvalue weighted by Crippen LogP contribution is 2.41. The maximum atomic E-state index is 6.02. The standard InChI is InChI=1S/C27H41O3P/c1-4-5-6-7-8-9-10-11-12-13-14-23-28-31(29-26-19-15-24(2)16-20-26)30-27-21-17-25(3)18-22-27/h15-22H,4-14,23H2,1-3H3. The largest absolute Gasteiger partial charge is 0.463 e. The first-order valence-electron chi connectivity index (χ1n) is 12.1. The molecule has 172 valence electrons. The minimum atomic E-state index is -1.47. The molecule has 2 aromatic carbocycles. The molecule has 0 saturated heterocycles. The van der Waals surface area contributed by atoms with Crippen LogP contribution in [-0.4, -0.2) is 6.61 Å². The lowest BCUT2D eigenvalue weighted by Crippen LogP contribution is -2.01. The molecule has 0 bridgehead atoms. The van der Waals surface area contributed by atoms with Crippen molar-refractivity contribution in [3.8, 4) is 11.5 Å². The van der Waals surface area contributed by atoms with Gasteiger partial charge in [-0.25, -0.2) is 0 Å². The SMILES string of the molecule is CCCCCCCCCCCCCOP(Oc1ccc(C)cc1)Oc1ccc(C)cc1. The number of unbranched alkanes of at least 4 members (excludes halogenated alkanes) is 10. The van der Waals surface area contributed by atoms with Crippen LogP contribution in [0.4, 0.5) is 0 Å². The summed E-state index contributed by atoms with van der Waals surface area (Å²) in [6.07, 6.45) is 14.6. The molecule has 2 aromatic rings. The average molecular weight is 445 g/mol. The van der Waals surface area contributed by atoms with E-state index in [1.165, 1.54) is 75.3 Å². The molecule has 31 heavy (non-hydrogen) atoms. The highest BCUT2D eigenvalue weighted by Gasteiger charge is 2.17. The van der Waals surface area contributed by atoms with E-state index in [2.05, 4.69) is 20.8 Å². The van der Waals surface area contributed by atoms with Crippen LogP contribution in [0, 0.1) is 13.8 Å². The van der Waals surface area contributed by atoms with Gasteiger partial charge < -0.3 is 9.05 Å². The van der Waals surface area contributed by atoms with E-state index >= 15 is 0 Å². The highest BCUT2D eigenvalue weighted by atomic mass is 31.2. The van der Waals surface area contributed by atoms with Crippen LogP contribution in [0.25, 0.3) is 0 Å². The Hall–Kier alpha value is -1.57. The number of aryl methyl sites for hydroxylation is 2. The van der Waals surface area contributed by atoms with Gasteiger partial charge in [-0.2, -0.15) is 0 Å².